The number of hydrogen-bond acceptors (Lipinski definition) is 4. The van der Waals surface area contributed by atoms with Gasteiger partial charge in [0.15, 0.2) is 0 Å². The third-order valence-electron chi connectivity index (χ3n) is 4.80. The largest absolute Gasteiger partial charge is 0.497 e. The Labute approximate surface area is 154 Å². The molecule has 1 aliphatic heterocycles. The Balaban J connectivity index is 1.50. The topological polar surface area (TPSA) is 59.0 Å². The summed E-state index contributed by atoms with van der Waals surface area (Å²) in [5.41, 5.74) is 1.92. The summed E-state index contributed by atoms with van der Waals surface area (Å²) in [6, 6.07) is 15.2. The first kappa shape index (κ1) is 18.3. The maximum absolute atomic E-state index is 12.3. The van der Waals surface area contributed by atoms with E-state index in [4.69, 9.17) is 9.47 Å². The number of rotatable bonds is 7. The van der Waals surface area contributed by atoms with Gasteiger partial charge >= 0.3 is 0 Å². The van der Waals surface area contributed by atoms with E-state index in [0.717, 1.165) is 42.1 Å². The van der Waals surface area contributed by atoms with Gasteiger partial charge in [-0.1, -0.05) is 30.3 Å². The fourth-order valence-corrected chi connectivity index (χ4v) is 3.31. The standard InChI is InChI=1S/C21H25NO4/c1-25-18-9-15(10-19(11-18)26-2)8-16-13-22(14-16)21(24)12-20(23)17-6-4-3-5-7-17/h3-7,9-11,16,20,23H,8,12-14H2,1-2H3. The number of benzene rings is 2. The lowest BCUT2D eigenvalue weighted by molar-refractivity contribution is -0.139. The van der Waals surface area contributed by atoms with Crippen LogP contribution in [-0.4, -0.2) is 43.2 Å². The lowest BCUT2D eigenvalue weighted by atomic mass is 9.91. The van der Waals surface area contributed by atoms with Gasteiger partial charge in [-0.15, -0.1) is 0 Å². The van der Waals surface area contributed by atoms with E-state index >= 15 is 0 Å². The van der Waals surface area contributed by atoms with Gasteiger partial charge in [-0.3, -0.25) is 4.79 Å². The second-order valence-electron chi connectivity index (χ2n) is 6.72. The average molecular weight is 355 g/mol. The van der Waals surface area contributed by atoms with Gasteiger partial charge in [0.1, 0.15) is 11.5 Å². The van der Waals surface area contributed by atoms with Crippen molar-refractivity contribution in [1.82, 2.24) is 4.90 Å². The van der Waals surface area contributed by atoms with Gasteiger partial charge in [-0.2, -0.15) is 0 Å². The summed E-state index contributed by atoms with van der Waals surface area (Å²) < 4.78 is 10.6. The maximum Gasteiger partial charge on any atom is 0.225 e. The Bertz CT molecular complexity index is 719. The molecular weight excluding hydrogens is 330 g/mol. The Morgan fingerprint density at radius 1 is 1.12 bits per heavy atom. The molecule has 0 aliphatic carbocycles. The van der Waals surface area contributed by atoms with Gasteiger partial charge < -0.3 is 19.5 Å². The predicted molar refractivity (Wildman–Crippen MR) is 99.3 cm³/mol. The van der Waals surface area contributed by atoms with Gasteiger partial charge in [0, 0.05) is 19.2 Å². The van der Waals surface area contributed by atoms with Crippen molar-refractivity contribution >= 4 is 5.91 Å². The van der Waals surface area contributed by atoms with Crippen molar-refractivity contribution in [1.29, 1.82) is 0 Å². The Hall–Kier alpha value is -2.53. The number of carbonyl (C=O) groups is 1. The molecule has 1 unspecified atom stereocenters. The van der Waals surface area contributed by atoms with Crippen LogP contribution in [0.1, 0.15) is 23.7 Å². The van der Waals surface area contributed by atoms with E-state index in [2.05, 4.69) is 0 Å². The molecule has 0 saturated carbocycles. The predicted octanol–water partition coefficient (Wildman–Crippen LogP) is 2.83. The van der Waals surface area contributed by atoms with Gasteiger partial charge in [0.2, 0.25) is 5.91 Å². The normalized spacial score (nSPS) is 15.3. The summed E-state index contributed by atoms with van der Waals surface area (Å²) in [4.78, 5) is 14.1. The molecular formula is C21H25NO4. The van der Waals surface area contributed by atoms with Gasteiger partial charge in [-0.05, 0) is 35.6 Å². The Kier molecular flexibility index (Phi) is 5.78. The highest BCUT2D eigenvalue weighted by Gasteiger charge is 2.31. The summed E-state index contributed by atoms with van der Waals surface area (Å²) in [6.07, 6.45) is 0.257. The molecule has 0 bridgehead atoms. The summed E-state index contributed by atoms with van der Waals surface area (Å²) in [5.74, 6) is 1.97. The highest BCUT2D eigenvalue weighted by atomic mass is 16.5. The third-order valence-corrected chi connectivity index (χ3v) is 4.80. The first-order valence-corrected chi connectivity index (χ1v) is 8.81. The summed E-state index contributed by atoms with van der Waals surface area (Å²) in [5, 5.41) is 10.2. The van der Waals surface area contributed by atoms with Crippen molar-refractivity contribution < 1.29 is 19.4 Å². The van der Waals surface area contributed by atoms with Crippen molar-refractivity contribution in [3.05, 3.63) is 59.7 Å². The van der Waals surface area contributed by atoms with E-state index in [1.54, 1.807) is 14.2 Å². The zero-order valence-corrected chi connectivity index (χ0v) is 15.2. The molecule has 0 aromatic heterocycles. The van der Waals surface area contributed by atoms with E-state index < -0.39 is 6.10 Å². The number of hydrogen-bond donors (Lipinski definition) is 1. The minimum atomic E-state index is -0.745. The second kappa shape index (κ2) is 8.23. The van der Waals surface area contributed by atoms with E-state index in [1.807, 2.05) is 53.4 Å². The van der Waals surface area contributed by atoms with Crippen molar-refractivity contribution in [3.63, 3.8) is 0 Å². The first-order chi connectivity index (χ1) is 12.6. The molecule has 1 amide bonds. The molecule has 2 aromatic rings. The minimum absolute atomic E-state index is 0.000765. The van der Waals surface area contributed by atoms with Gasteiger partial charge in [0.25, 0.3) is 0 Å². The van der Waals surface area contributed by atoms with Crippen LogP contribution in [-0.2, 0) is 11.2 Å². The fraction of sp³-hybridized carbons (Fsp3) is 0.381. The van der Waals surface area contributed by atoms with E-state index in [0.29, 0.717) is 5.92 Å². The number of aliphatic hydroxyl groups is 1. The van der Waals surface area contributed by atoms with Crippen LogP contribution < -0.4 is 9.47 Å². The van der Waals surface area contributed by atoms with E-state index in [1.165, 1.54) is 0 Å². The highest BCUT2D eigenvalue weighted by molar-refractivity contribution is 5.77. The summed E-state index contributed by atoms with van der Waals surface area (Å²) >= 11 is 0. The Morgan fingerprint density at radius 3 is 2.31 bits per heavy atom. The van der Waals surface area contributed by atoms with Crippen LogP contribution in [0.15, 0.2) is 48.5 Å². The quantitative estimate of drug-likeness (QED) is 0.830. The zero-order valence-electron chi connectivity index (χ0n) is 15.2. The van der Waals surface area contributed by atoms with Gasteiger partial charge in [-0.25, -0.2) is 0 Å². The molecule has 0 radical (unpaired) electrons. The summed E-state index contributed by atoms with van der Waals surface area (Å²) in [6.45, 7) is 1.44. The molecule has 3 rings (SSSR count). The van der Waals surface area contributed by atoms with Crippen molar-refractivity contribution in [3.8, 4) is 11.5 Å². The molecule has 0 spiro atoms. The maximum atomic E-state index is 12.3. The number of carbonyl (C=O) groups excluding carboxylic acids is 1. The van der Waals surface area contributed by atoms with E-state index in [-0.39, 0.29) is 12.3 Å². The molecule has 1 N–H and O–H groups in total. The molecule has 26 heavy (non-hydrogen) atoms. The van der Waals surface area contributed by atoms with Crippen LogP contribution in [0.5, 0.6) is 11.5 Å². The van der Waals surface area contributed by atoms with Crippen LogP contribution in [0, 0.1) is 5.92 Å². The van der Waals surface area contributed by atoms with Crippen LogP contribution in [0.4, 0.5) is 0 Å². The average Bonchev–Trinajstić information content (AvgIpc) is 2.64. The SMILES string of the molecule is COc1cc(CC2CN(C(=O)CC(O)c3ccccc3)C2)cc(OC)c1. The molecule has 1 saturated heterocycles. The van der Waals surface area contributed by atoms with Crippen molar-refractivity contribution in [2.75, 3.05) is 27.3 Å². The molecule has 1 heterocycles. The highest BCUT2D eigenvalue weighted by Crippen LogP contribution is 2.28. The number of nitrogens with zero attached hydrogens (tertiary/aromatic N) is 1. The minimum Gasteiger partial charge on any atom is -0.497 e. The first-order valence-electron chi connectivity index (χ1n) is 8.81. The Morgan fingerprint density at radius 2 is 1.73 bits per heavy atom. The molecule has 138 valence electrons. The molecule has 1 aliphatic rings. The van der Waals surface area contributed by atoms with Crippen molar-refractivity contribution in [2.45, 2.75) is 18.9 Å². The molecule has 2 aromatic carbocycles. The number of amides is 1. The lowest BCUT2D eigenvalue weighted by Gasteiger charge is -2.40. The van der Waals surface area contributed by atoms with Crippen LogP contribution in [0.2, 0.25) is 0 Å². The zero-order chi connectivity index (χ0) is 18.5. The third kappa shape index (κ3) is 4.35. The lowest BCUT2D eigenvalue weighted by Crippen LogP contribution is -2.51. The van der Waals surface area contributed by atoms with Gasteiger partial charge in [0.05, 0.1) is 26.7 Å². The molecule has 5 heteroatoms. The molecule has 1 fully saturated rings. The number of ether oxygens (including phenoxy) is 2. The number of likely N-dealkylation sites (tertiary alicyclic amines) is 1. The monoisotopic (exact) mass is 355 g/mol. The van der Waals surface area contributed by atoms with Crippen molar-refractivity contribution in [2.24, 2.45) is 5.92 Å². The number of methoxy groups -OCH3 is 2. The molecule has 1 atom stereocenters. The second-order valence-corrected chi connectivity index (χ2v) is 6.72. The molecule has 5 nitrogen and oxygen atoms in total. The summed E-state index contributed by atoms with van der Waals surface area (Å²) in [7, 11) is 3.28. The van der Waals surface area contributed by atoms with Crippen LogP contribution >= 0.6 is 0 Å². The number of aliphatic hydroxyl groups excluding tert-OH is 1. The van der Waals surface area contributed by atoms with E-state index in [9.17, 15) is 9.90 Å². The fourth-order valence-electron chi connectivity index (χ4n) is 3.31. The smallest absolute Gasteiger partial charge is 0.225 e. The van der Waals surface area contributed by atoms with Crippen LogP contribution in [0.25, 0.3) is 0 Å². The van der Waals surface area contributed by atoms with Crippen LogP contribution in [0.3, 0.4) is 0 Å².